The monoisotopic (exact) mass is 282 g/mol. The first-order valence-corrected chi connectivity index (χ1v) is 8.06. The van der Waals surface area contributed by atoms with Crippen molar-refractivity contribution in [2.45, 2.75) is 70.8 Å². The van der Waals surface area contributed by atoms with Crippen LogP contribution in [0.1, 0.15) is 76.4 Å². The third-order valence-corrected chi connectivity index (χ3v) is 3.94. The lowest BCUT2D eigenvalue weighted by Gasteiger charge is -2.12. The van der Waals surface area contributed by atoms with E-state index in [0.717, 1.165) is 18.4 Å². The highest BCUT2D eigenvalue weighted by Crippen LogP contribution is 2.26. The molecule has 1 aromatic rings. The molecule has 1 unspecified atom stereocenters. The zero-order chi connectivity index (χ0) is 13.9. The van der Waals surface area contributed by atoms with Gasteiger partial charge >= 0.3 is 0 Å². The van der Waals surface area contributed by atoms with E-state index in [4.69, 9.17) is 11.6 Å². The molecule has 1 atom stereocenters. The Labute approximate surface area is 123 Å². The van der Waals surface area contributed by atoms with Crippen LogP contribution in [0, 0.1) is 0 Å². The second-order valence-corrected chi connectivity index (χ2v) is 5.71. The van der Waals surface area contributed by atoms with Crippen LogP contribution in [0.3, 0.4) is 0 Å². The summed E-state index contributed by atoms with van der Waals surface area (Å²) in [6.45, 7) is 2.25. The molecule has 1 aromatic carbocycles. The Kier molecular flexibility index (Phi) is 8.94. The summed E-state index contributed by atoms with van der Waals surface area (Å²) in [6, 6.07) is 7.58. The Bertz CT molecular complexity index is 338. The van der Waals surface area contributed by atoms with Crippen LogP contribution in [0.4, 0.5) is 0 Å². The molecule has 0 aliphatic carbocycles. The summed E-state index contributed by atoms with van der Waals surface area (Å²) in [5, 5.41) is 10.8. The van der Waals surface area contributed by atoms with Crippen molar-refractivity contribution < 1.29 is 5.11 Å². The van der Waals surface area contributed by atoms with Crippen molar-refractivity contribution in [2.75, 3.05) is 0 Å². The summed E-state index contributed by atoms with van der Waals surface area (Å²) >= 11 is 6.07. The van der Waals surface area contributed by atoms with E-state index < -0.39 is 6.10 Å². The minimum absolute atomic E-state index is 0.409. The SMILES string of the molecule is CCCCCCCCCCC(O)c1ccccc1Cl. The van der Waals surface area contributed by atoms with E-state index in [1.165, 1.54) is 44.9 Å². The van der Waals surface area contributed by atoms with Gasteiger partial charge in [-0.15, -0.1) is 0 Å². The predicted octanol–water partition coefficient (Wildman–Crippen LogP) is 5.90. The van der Waals surface area contributed by atoms with Crippen molar-refractivity contribution in [1.82, 2.24) is 0 Å². The van der Waals surface area contributed by atoms with Gasteiger partial charge in [0.15, 0.2) is 0 Å². The second kappa shape index (κ2) is 10.3. The number of rotatable bonds is 10. The number of aliphatic hydroxyl groups is 1. The highest BCUT2D eigenvalue weighted by Gasteiger charge is 2.10. The maximum Gasteiger partial charge on any atom is 0.0804 e. The minimum atomic E-state index is -0.409. The zero-order valence-corrected chi connectivity index (χ0v) is 12.8. The van der Waals surface area contributed by atoms with Crippen LogP contribution in [0.5, 0.6) is 0 Å². The number of halogens is 1. The average molecular weight is 283 g/mol. The van der Waals surface area contributed by atoms with E-state index in [-0.39, 0.29) is 0 Å². The molecule has 0 aromatic heterocycles. The molecular formula is C17H27ClO. The Balaban J connectivity index is 2.08. The van der Waals surface area contributed by atoms with E-state index in [2.05, 4.69) is 6.92 Å². The van der Waals surface area contributed by atoms with Crippen LogP contribution in [0.2, 0.25) is 5.02 Å². The van der Waals surface area contributed by atoms with Crippen molar-refractivity contribution in [2.24, 2.45) is 0 Å². The minimum Gasteiger partial charge on any atom is -0.388 e. The van der Waals surface area contributed by atoms with Gasteiger partial charge in [-0.3, -0.25) is 0 Å². The molecule has 0 heterocycles. The molecule has 0 saturated heterocycles. The smallest absolute Gasteiger partial charge is 0.0804 e. The van der Waals surface area contributed by atoms with Gasteiger partial charge in [-0.2, -0.15) is 0 Å². The summed E-state index contributed by atoms with van der Waals surface area (Å²) in [4.78, 5) is 0. The molecule has 0 bridgehead atoms. The van der Waals surface area contributed by atoms with E-state index in [1.54, 1.807) is 0 Å². The van der Waals surface area contributed by atoms with Gasteiger partial charge in [0.25, 0.3) is 0 Å². The van der Waals surface area contributed by atoms with Gasteiger partial charge in [-0.1, -0.05) is 88.1 Å². The van der Waals surface area contributed by atoms with Gasteiger partial charge in [0.2, 0.25) is 0 Å². The Morgan fingerprint density at radius 2 is 1.53 bits per heavy atom. The summed E-state index contributed by atoms with van der Waals surface area (Å²) in [7, 11) is 0. The highest BCUT2D eigenvalue weighted by molar-refractivity contribution is 6.31. The van der Waals surface area contributed by atoms with Crippen molar-refractivity contribution >= 4 is 11.6 Å². The number of hydrogen-bond donors (Lipinski definition) is 1. The number of hydrogen-bond acceptors (Lipinski definition) is 1. The first-order valence-electron chi connectivity index (χ1n) is 7.68. The molecule has 0 aliphatic rings. The van der Waals surface area contributed by atoms with Gasteiger partial charge < -0.3 is 5.11 Å². The lowest BCUT2D eigenvalue weighted by atomic mass is 10.0. The molecule has 19 heavy (non-hydrogen) atoms. The predicted molar refractivity (Wildman–Crippen MR) is 83.6 cm³/mol. The molecular weight excluding hydrogens is 256 g/mol. The Morgan fingerprint density at radius 1 is 0.947 bits per heavy atom. The normalized spacial score (nSPS) is 12.6. The van der Waals surface area contributed by atoms with E-state index in [9.17, 15) is 5.11 Å². The molecule has 2 heteroatoms. The highest BCUT2D eigenvalue weighted by atomic mass is 35.5. The quantitative estimate of drug-likeness (QED) is 0.529. The molecule has 0 amide bonds. The number of benzene rings is 1. The first kappa shape index (κ1) is 16.5. The summed E-state index contributed by atoms with van der Waals surface area (Å²) < 4.78 is 0. The molecule has 1 rings (SSSR count). The molecule has 1 nitrogen and oxygen atoms in total. The van der Waals surface area contributed by atoms with Crippen molar-refractivity contribution in [1.29, 1.82) is 0 Å². The van der Waals surface area contributed by atoms with Crippen LogP contribution < -0.4 is 0 Å². The van der Waals surface area contributed by atoms with E-state index >= 15 is 0 Å². The van der Waals surface area contributed by atoms with Gasteiger partial charge in [0, 0.05) is 5.02 Å². The van der Waals surface area contributed by atoms with Gasteiger partial charge in [-0.25, -0.2) is 0 Å². The third-order valence-electron chi connectivity index (χ3n) is 3.60. The molecule has 0 spiro atoms. The molecule has 1 N–H and O–H groups in total. The van der Waals surface area contributed by atoms with Crippen LogP contribution >= 0.6 is 11.6 Å². The van der Waals surface area contributed by atoms with E-state index in [0.29, 0.717) is 5.02 Å². The van der Waals surface area contributed by atoms with Gasteiger partial charge in [-0.05, 0) is 18.1 Å². The zero-order valence-electron chi connectivity index (χ0n) is 12.1. The topological polar surface area (TPSA) is 20.2 Å². The van der Waals surface area contributed by atoms with Crippen LogP contribution in [0.25, 0.3) is 0 Å². The Morgan fingerprint density at radius 3 is 2.16 bits per heavy atom. The lowest BCUT2D eigenvalue weighted by Crippen LogP contribution is -1.98. The largest absolute Gasteiger partial charge is 0.388 e. The molecule has 108 valence electrons. The second-order valence-electron chi connectivity index (χ2n) is 5.30. The molecule has 0 fully saturated rings. The van der Waals surface area contributed by atoms with Gasteiger partial charge in [0.05, 0.1) is 6.10 Å². The van der Waals surface area contributed by atoms with Crippen molar-refractivity contribution in [3.8, 4) is 0 Å². The van der Waals surface area contributed by atoms with Crippen molar-refractivity contribution in [3.05, 3.63) is 34.9 Å². The maximum atomic E-state index is 10.1. The summed E-state index contributed by atoms with van der Waals surface area (Å²) in [5.74, 6) is 0. The van der Waals surface area contributed by atoms with Crippen LogP contribution in [-0.2, 0) is 0 Å². The fraction of sp³-hybridized carbons (Fsp3) is 0.647. The fourth-order valence-corrected chi connectivity index (χ4v) is 2.63. The Hall–Kier alpha value is -0.530. The molecule has 0 radical (unpaired) electrons. The molecule has 0 aliphatic heterocycles. The first-order chi connectivity index (χ1) is 9.25. The number of unbranched alkanes of at least 4 members (excludes halogenated alkanes) is 7. The third kappa shape index (κ3) is 6.98. The summed E-state index contributed by atoms with van der Waals surface area (Å²) in [5.41, 5.74) is 0.868. The lowest BCUT2D eigenvalue weighted by molar-refractivity contribution is 0.163. The maximum absolute atomic E-state index is 10.1. The van der Waals surface area contributed by atoms with Crippen molar-refractivity contribution in [3.63, 3.8) is 0 Å². The van der Waals surface area contributed by atoms with Crippen LogP contribution in [0.15, 0.2) is 24.3 Å². The van der Waals surface area contributed by atoms with Gasteiger partial charge in [0.1, 0.15) is 0 Å². The fourth-order valence-electron chi connectivity index (χ4n) is 2.37. The standard InChI is InChI=1S/C17H27ClO/c1-2-3-4-5-6-7-8-9-14-17(19)15-12-10-11-13-16(15)18/h10-13,17,19H,2-9,14H2,1H3. The van der Waals surface area contributed by atoms with Crippen LogP contribution in [-0.4, -0.2) is 5.11 Å². The summed E-state index contributed by atoms with van der Waals surface area (Å²) in [6.07, 6.45) is 10.7. The average Bonchev–Trinajstić information content (AvgIpc) is 2.42. The molecule has 0 saturated carbocycles. The number of aliphatic hydroxyl groups excluding tert-OH is 1. The van der Waals surface area contributed by atoms with E-state index in [1.807, 2.05) is 24.3 Å².